The maximum absolute atomic E-state index is 11.5. The minimum Gasteiger partial charge on any atom is -0.390 e. The number of pyridine rings is 1. The van der Waals surface area contributed by atoms with Crippen LogP contribution in [0.2, 0.25) is 0 Å². The zero-order chi connectivity index (χ0) is 12.3. The van der Waals surface area contributed by atoms with Gasteiger partial charge < -0.3 is 10.0 Å². The van der Waals surface area contributed by atoms with Crippen molar-refractivity contribution in [1.82, 2.24) is 4.98 Å². The Morgan fingerprint density at radius 1 is 1.29 bits per heavy atom. The van der Waals surface area contributed by atoms with Gasteiger partial charge in [0, 0.05) is 13.1 Å². The molecule has 17 heavy (non-hydrogen) atoms. The molecular formula is C11H16N2O3S. The van der Waals surface area contributed by atoms with Crippen molar-refractivity contribution in [1.29, 1.82) is 0 Å². The molecular weight excluding hydrogens is 240 g/mol. The summed E-state index contributed by atoms with van der Waals surface area (Å²) in [5.41, 5.74) is 0.606. The first-order valence-corrected chi connectivity index (χ1v) is 7.45. The summed E-state index contributed by atoms with van der Waals surface area (Å²) >= 11 is 0. The number of aromatic nitrogens is 1. The number of hydrogen-bond donors (Lipinski definition) is 1. The van der Waals surface area contributed by atoms with E-state index < -0.39 is 9.84 Å². The maximum Gasteiger partial charge on any atom is 0.152 e. The lowest BCUT2D eigenvalue weighted by atomic mass is 10.3. The van der Waals surface area contributed by atoms with Crippen molar-refractivity contribution in [2.75, 3.05) is 29.5 Å². The van der Waals surface area contributed by atoms with Crippen LogP contribution in [0.4, 0.5) is 5.82 Å². The van der Waals surface area contributed by atoms with E-state index >= 15 is 0 Å². The Bertz CT molecular complexity index is 487. The Hall–Kier alpha value is -1.14. The van der Waals surface area contributed by atoms with Gasteiger partial charge in [0.25, 0.3) is 0 Å². The largest absolute Gasteiger partial charge is 0.390 e. The lowest BCUT2D eigenvalue weighted by Gasteiger charge is -2.21. The average Bonchev–Trinajstić information content (AvgIpc) is 2.50. The van der Waals surface area contributed by atoms with E-state index in [9.17, 15) is 8.42 Å². The van der Waals surface area contributed by atoms with Crippen LogP contribution in [0.25, 0.3) is 0 Å². The van der Waals surface area contributed by atoms with E-state index in [1.807, 2.05) is 17.0 Å². The van der Waals surface area contributed by atoms with E-state index in [4.69, 9.17) is 5.11 Å². The number of nitrogens with zero attached hydrogens (tertiary/aromatic N) is 2. The minimum atomic E-state index is -2.89. The molecule has 1 saturated heterocycles. The standard InChI is InChI=1S/C11H16N2O3S/c14-9-10-3-1-4-11(12-10)13-5-2-7-17(15,16)8-6-13/h1,3-4,14H,2,5-9H2. The van der Waals surface area contributed by atoms with E-state index in [1.54, 1.807) is 6.07 Å². The van der Waals surface area contributed by atoms with E-state index in [0.29, 0.717) is 25.2 Å². The fourth-order valence-electron chi connectivity index (χ4n) is 1.90. The number of aliphatic hydroxyl groups is 1. The molecule has 1 aromatic rings. The van der Waals surface area contributed by atoms with Gasteiger partial charge in [0.15, 0.2) is 9.84 Å². The van der Waals surface area contributed by atoms with Crippen molar-refractivity contribution >= 4 is 15.7 Å². The molecule has 1 aliphatic rings. The number of rotatable bonds is 2. The van der Waals surface area contributed by atoms with Crippen LogP contribution in [-0.4, -0.2) is 43.1 Å². The molecule has 1 aromatic heterocycles. The van der Waals surface area contributed by atoms with Crippen molar-refractivity contribution in [3.8, 4) is 0 Å². The van der Waals surface area contributed by atoms with Gasteiger partial charge >= 0.3 is 0 Å². The van der Waals surface area contributed by atoms with Crippen LogP contribution in [0, 0.1) is 0 Å². The summed E-state index contributed by atoms with van der Waals surface area (Å²) in [5, 5.41) is 9.02. The van der Waals surface area contributed by atoms with E-state index in [-0.39, 0.29) is 18.1 Å². The average molecular weight is 256 g/mol. The molecule has 2 rings (SSSR count). The van der Waals surface area contributed by atoms with Gasteiger partial charge in [-0.1, -0.05) is 6.07 Å². The van der Waals surface area contributed by atoms with Crippen LogP contribution < -0.4 is 4.90 Å². The zero-order valence-corrected chi connectivity index (χ0v) is 10.4. The number of aliphatic hydroxyl groups excluding tert-OH is 1. The highest BCUT2D eigenvalue weighted by atomic mass is 32.2. The molecule has 0 unspecified atom stereocenters. The molecule has 1 aliphatic heterocycles. The molecule has 5 nitrogen and oxygen atoms in total. The van der Waals surface area contributed by atoms with Crippen molar-refractivity contribution in [3.63, 3.8) is 0 Å². The first kappa shape index (κ1) is 12.3. The Morgan fingerprint density at radius 3 is 2.88 bits per heavy atom. The fraction of sp³-hybridized carbons (Fsp3) is 0.545. The van der Waals surface area contributed by atoms with Gasteiger partial charge in [0.1, 0.15) is 5.82 Å². The van der Waals surface area contributed by atoms with E-state index in [2.05, 4.69) is 4.98 Å². The van der Waals surface area contributed by atoms with E-state index in [0.717, 1.165) is 5.82 Å². The molecule has 0 bridgehead atoms. The molecule has 1 N–H and O–H groups in total. The predicted octanol–water partition coefficient (Wildman–Crippen LogP) is 0.199. The van der Waals surface area contributed by atoms with Crippen LogP contribution in [0.3, 0.4) is 0 Å². The molecule has 6 heteroatoms. The van der Waals surface area contributed by atoms with Crippen molar-refractivity contribution < 1.29 is 13.5 Å². The van der Waals surface area contributed by atoms with Gasteiger partial charge in [-0.15, -0.1) is 0 Å². The Balaban J connectivity index is 2.16. The topological polar surface area (TPSA) is 70.5 Å². The fourth-order valence-corrected chi connectivity index (χ4v) is 3.17. The highest BCUT2D eigenvalue weighted by Crippen LogP contribution is 2.15. The number of sulfone groups is 1. The predicted molar refractivity (Wildman–Crippen MR) is 65.6 cm³/mol. The molecule has 0 atom stereocenters. The van der Waals surface area contributed by atoms with Crippen molar-refractivity contribution in [2.45, 2.75) is 13.0 Å². The minimum absolute atomic E-state index is 0.0972. The second-order valence-electron chi connectivity index (χ2n) is 4.14. The molecule has 0 aromatic carbocycles. The van der Waals surface area contributed by atoms with Crippen molar-refractivity contribution in [2.24, 2.45) is 0 Å². The van der Waals surface area contributed by atoms with Gasteiger partial charge in [-0.25, -0.2) is 13.4 Å². The van der Waals surface area contributed by atoms with Crippen LogP contribution in [0.15, 0.2) is 18.2 Å². The number of anilines is 1. The molecule has 0 amide bonds. The Kier molecular flexibility index (Phi) is 3.63. The Labute approximate surface area is 101 Å². The normalized spacial score (nSPS) is 19.9. The van der Waals surface area contributed by atoms with Gasteiger partial charge in [-0.05, 0) is 18.6 Å². The quantitative estimate of drug-likeness (QED) is 0.818. The molecule has 0 radical (unpaired) electrons. The molecule has 2 heterocycles. The number of hydrogen-bond acceptors (Lipinski definition) is 5. The monoisotopic (exact) mass is 256 g/mol. The SMILES string of the molecule is O=S1(=O)CCCN(c2cccc(CO)n2)CC1. The third-order valence-corrected chi connectivity index (χ3v) is 4.55. The van der Waals surface area contributed by atoms with Crippen LogP contribution in [0.1, 0.15) is 12.1 Å². The van der Waals surface area contributed by atoms with E-state index in [1.165, 1.54) is 0 Å². The van der Waals surface area contributed by atoms with Gasteiger partial charge in [0.2, 0.25) is 0 Å². The van der Waals surface area contributed by atoms with Crippen LogP contribution in [0.5, 0.6) is 0 Å². The van der Waals surface area contributed by atoms with Gasteiger partial charge in [-0.2, -0.15) is 0 Å². The molecule has 1 fully saturated rings. The first-order chi connectivity index (χ1) is 8.11. The van der Waals surface area contributed by atoms with Crippen LogP contribution in [-0.2, 0) is 16.4 Å². The second kappa shape index (κ2) is 5.01. The van der Waals surface area contributed by atoms with Crippen molar-refractivity contribution in [3.05, 3.63) is 23.9 Å². The second-order valence-corrected chi connectivity index (χ2v) is 6.44. The lowest BCUT2D eigenvalue weighted by Crippen LogP contribution is -2.27. The maximum atomic E-state index is 11.5. The summed E-state index contributed by atoms with van der Waals surface area (Å²) in [6.07, 6.45) is 0.632. The third kappa shape index (κ3) is 3.17. The summed E-state index contributed by atoms with van der Waals surface area (Å²) in [6.45, 7) is 1.07. The summed E-state index contributed by atoms with van der Waals surface area (Å²) in [6, 6.07) is 5.42. The molecule has 0 saturated carbocycles. The molecule has 0 spiro atoms. The highest BCUT2D eigenvalue weighted by Gasteiger charge is 2.19. The summed E-state index contributed by atoms with van der Waals surface area (Å²) < 4.78 is 23.0. The molecule has 94 valence electrons. The lowest BCUT2D eigenvalue weighted by molar-refractivity contribution is 0.277. The summed E-state index contributed by atoms with van der Waals surface area (Å²) in [7, 11) is -2.89. The van der Waals surface area contributed by atoms with Gasteiger partial charge in [-0.3, -0.25) is 0 Å². The summed E-state index contributed by atoms with van der Waals surface area (Å²) in [5.74, 6) is 1.18. The highest BCUT2D eigenvalue weighted by molar-refractivity contribution is 7.91. The van der Waals surface area contributed by atoms with Crippen LogP contribution >= 0.6 is 0 Å². The Morgan fingerprint density at radius 2 is 2.12 bits per heavy atom. The summed E-state index contributed by atoms with van der Waals surface area (Å²) in [4.78, 5) is 6.25. The first-order valence-electron chi connectivity index (χ1n) is 5.63. The molecule has 0 aliphatic carbocycles. The third-order valence-electron chi connectivity index (χ3n) is 2.83. The van der Waals surface area contributed by atoms with Gasteiger partial charge in [0.05, 0.1) is 23.8 Å². The zero-order valence-electron chi connectivity index (χ0n) is 9.54. The smallest absolute Gasteiger partial charge is 0.152 e.